The van der Waals surface area contributed by atoms with Gasteiger partial charge in [0, 0.05) is 38.3 Å². The van der Waals surface area contributed by atoms with Crippen LogP contribution in [0.4, 0.5) is 0 Å². The van der Waals surface area contributed by atoms with E-state index in [-0.39, 0.29) is 6.61 Å². The Morgan fingerprint density at radius 2 is 2.08 bits per heavy atom. The van der Waals surface area contributed by atoms with Crippen molar-refractivity contribution in [2.75, 3.05) is 60.2 Å². The minimum absolute atomic E-state index is 0.261. The molecule has 1 atom stereocenters. The van der Waals surface area contributed by atoms with Crippen molar-refractivity contribution in [3.05, 3.63) is 23.8 Å². The van der Waals surface area contributed by atoms with Gasteiger partial charge < -0.3 is 24.2 Å². The van der Waals surface area contributed by atoms with Gasteiger partial charge in [-0.3, -0.25) is 4.90 Å². The van der Waals surface area contributed by atoms with E-state index < -0.39 is 6.10 Å². The second-order valence-corrected chi connectivity index (χ2v) is 7.47. The van der Waals surface area contributed by atoms with Crippen molar-refractivity contribution in [2.45, 2.75) is 25.5 Å². The molecular weight excluding hydrogens is 332 g/mol. The monoisotopic (exact) mass is 364 g/mol. The quantitative estimate of drug-likeness (QED) is 0.681. The second kappa shape index (κ2) is 9.55. The molecule has 0 bridgehead atoms. The third-order valence-electron chi connectivity index (χ3n) is 4.98. The average Bonchev–Trinajstić information content (AvgIpc) is 3.45. The Morgan fingerprint density at radius 1 is 1.31 bits per heavy atom. The molecule has 1 aromatic carbocycles. The van der Waals surface area contributed by atoms with Crippen LogP contribution < -0.4 is 9.47 Å². The molecule has 1 aliphatic heterocycles. The Kier molecular flexibility index (Phi) is 7.14. The fraction of sp³-hybridized carbons (Fsp3) is 0.700. The number of aliphatic hydroxyl groups is 1. The molecule has 1 saturated carbocycles. The third-order valence-corrected chi connectivity index (χ3v) is 4.98. The predicted octanol–water partition coefficient (Wildman–Crippen LogP) is 1.61. The number of methoxy groups -OCH3 is 1. The lowest BCUT2D eigenvalue weighted by Gasteiger charge is -2.28. The average molecular weight is 364 g/mol. The molecule has 0 unspecified atom stereocenters. The van der Waals surface area contributed by atoms with E-state index in [1.54, 1.807) is 7.11 Å². The fourth-order valence-electron chi connectivity index (χ4n) is 3.42. The van der Waals surface area contributed by atoms with Crippen LogP contribution in [-0.4, -0.2) is 81.2 Å². The maximum Gasteiger partial charge on any atom is 0.165 e. The topological polar surface area (TPSA) is 54.4 Å². The summed E-state index contributed by atoms with van der Waals surface area (Å²) in [7, 11) is 3.80. The van der Waals surface area contributed by atoms with Gasteiger partial charge in [0.15, 0.2) is 11.5 Å². The summed E-state index contributed by atoms with van der Waals surface area (Å²) in [6.45, 7) is 6.01. The first-order chi connectivity index (χ1) is 12.7. The largest absolute Gasteiger partial charge is 0.493 e. The number of benzene rings is 1. The Morgan fingerprint density at radius 3 is 2.77 bits per heavy atom. The maximum atomic E-state index is 10.4. The van der Waals surface area contributed by atoms with E-state index in [4.69, 9.17) is 14.2 Å². The van der Waals surface area contributed by atoms with Crippen LogP contribution in [-0.2, 0) is 11.3 Å². The fourth-order valence-corrected chi connectivity index (χ4v) is 3.42. The first-order valence-corrected chi connectivity index (χ1v) is 9.61. The molecule has 2 aliphatic rings. The van der Waals surface area contributed by atoms with Gasteiger partial charge in [-0.2, -0.15) is 0 Å². The SMILES string of the molecule is COc1cccc(CN(C)CC2CC2)c1OC[C@H](O)CN1CCOCC1. The number of hydrogen-bond acceptors (Lipinski definition) is 6. The summed E-state index contributed by atoms with van der Waals surface area (Å²) in [6.07, 6.45) is 2.16. The number of ether oxygens (including phenoxy) is 3. The molecule has 1 saturated heterocycles. The molecule has 6 nitrogen and oxygen atoms in total. The van der Waals surface area contributed by atoms with Crippen LogP contribution in [0.5, 0.6) is 11.5 Å². The molecule has 146 valence electrons. The van der Waals surface area contributed by atoms with Gasteiger partial charge in [-0.05, 0) is 31.9 Å². The zero-order chi connectivity index (χ0) is 18.4. The third kappa shape index (κ3) is 5.84. The molecule has 2 fully saturated rings. The molecule has 1 heterocycles. The van der Waals surface area contributed by atoms with Crippen LogP contribution in [0.2, 0.25) is 0 Å². The van der Waals surface area contributed by atoms with Crippen molar-refractivity contribution >= 4 is 0 Å². The summed E-state index contributed by atoms with van der Waals surface area (Å²) in [5.74, 6) is 2.32. The van der Waals surface area contributed by atoms with Crippen LogP contribution >= 0.6 is 0 Å². The highest BCUT2D eigenvalue weighted by Gasteiger charge is 2.24. The summed E-state index contributed by atoms with van der Waals surface area (Å²) in [4.78, 5) is 4.55. The summed E-state index contributed by atoms with van der Waals surface area (Å²) < 4.78 is 16.9. The van der Waals surface area contributed by atoms with E-state index >= 15 is 0 Å². The Bertz CT molecular complexity index is 559. The lowest BCUT2D eigenvalue weighted by Crippen LogP contribution is -2.42. The molecule has 0 spiro atoms. The highest BCUT2D eigenvalue weighted by molar-refractivity contribution is 5.46. The zero-order valence-electron chi connectivity index (χ0n) is 16.0. The highest BCUT2D eigenvalue weighted by atomic mass is 16.5. The Balaban J connectivity index is 1.57. The number of hydrogen-bond donors (Lipinski definition) is 1. The molecule has 1 aliphatic carbocycles. The van der Waals surface area contributed by atoms with Gasteiger partial charge in [0.2, 0.25) is 0 Å². The minimum Gasteiger partial charge on any atom is -0.493 e. The molecule has 0 aromatic heterocycles. The number of rotatable bonds is 10. The molecule has 0 radical (unpaired) electrons. The Hall–Kier alpha value is -1.34. The van der Waals surface area contributed by atoms with Gasteiger partial charge in [0.25, 0.3) is 0 Å². The minimum atomic E-state index is -0.532. The molecular formula is C20H32N2O4. The van der Waals surface area contributed by atoms with E-state index in [9.17, 15) is 5.11 Å². The van der Waals surface area contributed by atoms with Crippen molar-refractivity contribution in [1.82, 2.24) is 9.80 Å². The smallest absolute Gasteiger partial charge is 0.165 e. The van der Waals surface area contributed by atoms with Crippen molar-refractivity contribution in [3.63, 3.8) is 0 Å². The van der Waals surface area contributed by atoms with Crippen molar-refractivity contribution in [2.24, 2.45) is 5.92 Å². The molecule has 0 amide bonds. The van der Waals surface area contributed by atoms with Gasteiger partial charge >= 0.3 is 0 Å². The normalized spacial score (nSPS) is 19.5. The first-order valence-electron chi connectivity index (χ1n) is 9.61. The van der Waals surface area contributed by atoms with Gasteiger partial charge in [0.1, 0.15) is 12.7 Å². The number of nitrogens with zero attached hydrogens (tertiary/aromatic N) is 2. The molecule has 3 rings (SSSR count). The van der Waals surface area contributed by atoms with Crippen molar-refractivity contribution in [1.29, 1.82) is 0 Å². The lowest BCUT2D eigenvalue weighted by molar-refractivity contribution is 0.00432. The van der Waals surface area contributed by atoms with Gasteiger partial charge in [-0.1, -0.05) is 12.1 Å². The van der Waals surface area contributed by atoms with E-state index in [0.717, 1.165) is 62.4 Å². The number of β-amino-alcohol motifs (C(OH)–C–C–N with tert-alkyl or cyclic N) is 1. The van der Waals surface area contributed by atoms with Crippen LogP contribution in [0.3, 0.4) is 0 Å². The molecule has 1 aromatic rings. The summed E-state index contributed by atoms with van der Waals surface area (Å²) in [5.41, 5.74) is 1.10. The molecule has 6 heteroatoms. The summed E-state index contributed by atoms with van der Waals surface area (Å²) >= 11 is 0. The van der Waals surface area contributed by atoms with E-state index in [2.05, 4.69) is 22.9 Å². The predicted molar refractivity (Wildman–Crippen MR) is 101 cm³/mol. The zero-order valence-corrected chi connectivity index (χ0v) is 16.0. The van der Waals surface area contributed by atoms with Crippen LogP contribution in [0.1, 0.15) is 18.4 Å². The van der Waals surface area contributed by atoms with Crippen molar-refractivity contribution in [3.8, 4) is 11.5 Å². The van der Waals surface area contributed by atoms with Crippen molar-refractivity contribution < 1.29 is 19.3 Å². The number of para-hydroxylation sites is 1. The van der Waals surface area contributed by atoms with E-state index in [0.29, 0.717) is 6.54 Å². The van der Waals surface area contributed by atoms with Gasteiger partial charge in [0.05, 0.1) is 20.3 Å². The van der Waals surface area contributed by atoms with E-state index in [1.807, 2.05) is 12.1 Å². The number of morpholine rings is 1. The standard InChI is InChI=1S/C20H32N2O4/c1-21(12-16-6-7-16)13-17-4-3-5-19(24-2)20(17)26-15-18(23)14-22-8-10-25-11-9-22/h3-5,16,18,23H,6-15H2,1-2H3/t18-/m1/s1. The molecule has 1 N–H and O–H groups in total. The maximum absolute atomic E-state index is 10.4. The first kappa shape index (κ1) is 19.4. The second-order valence-electron chi connectivity index (χ2n) is 7.47. The van der Waals surface area contributed by atoms with Crippen LogP contribution in [0.15, 0.2) is 18.2 Å². The highest BCUT2D eigenvalue weighted by Crippen LogP contribution is 2.34. The van der Waals surface area contributed by atoms with Crippen LogP contribution in [0.25, 0.3) is 0 Å². The van der Waals surface area contributed by atoms with E-state index in [1.165, 1.54) is 12.8 Å². The summed E-state index contributed by atoms with van der Waals surface area (Å²) in [5, 5.41) is 10.4. The van der Waals surface area contributed by atoms with Gasteiger partial charge in [-0.15, -0.1) is 0 Å². The lowest BCUT2D eigenvalue weighted by atomic mass is 10.1. The number of aliphatic hydroxyl groups excluding tert-OH is 1. The molecule has 26 heavy (non-hydrogen) atoms. The Labute approximate surface area is 156 Å². The van der Waals surface area contributed by atoms with Gasteiger partial charge in [-0.25, -0.2) is 0 Å². The summed E-state index contributed by atoms with van der Waals surface area (Å²) in [6, 6.07) is 5.99. The van der Waals surface area contributed by atoms with Crippen LogP contribution in [0, 0.1) is 5.92 Å².